The van der Waals surface area contributed by atoms with Crippen LogP contribution in [0.25, 0.3) is 0 Å². The standard InChI is InChI=1S/C23H28BrCl2N3O4S/c1-5-15(2)27-23(31)16(3)28(13-17-10-11-19(25)20(26)12-17)22(30)14-29(34(4,32)33)21-9-7-6-8-18(21)24/h6-12,15-16H,5,13-14H2,1-4H3,(H,27,31)/t15-,16-/m0/s1. The number of sulfonamides is 1. The summed E-state index contributed by atoms with van der Waals surface area (Å²) in [6.45, 7) is 4.97. The molecular weight excluding hydrogens is 565 g/mol. The van der Waals surface area contributed by atoms with E-state index >= 15 is 0 Å². The Balaban J connectivity index is 2.42. The summed E-state index contributed by atoms with van der Waals surface area (Å²) < 4.78 is 26.7. The maximum Gasteiger partial charge on any atom is 0.244 e. The van der Waals surface area contributed by atoms with E-state index in [2.05, 4.69) is 21.2 Å². The van der Waals surface area contributed by atoms with Crippen LogP contribution in [0.15, 0.2) is 46.9 Å². The maximum absolute atomic E-state index is 13.5. The molecule has 2 aromatic rings. The monoisotopic (exact) mass is 591 g/mol. The van der Waals surface area contributed by atoms with E-state index in [0.717, 1.165) is 17.0 Å². The zero-order valence-electron chi connectivity index (χ0n) is 19.4. The van der Waals surface area contributed by atoms with Gasteiger partial charge in [-0.15, -0.1) is 0 Å². The van der Waals surface area contributed by atoms with Gasteiger partial charge in [-0.25, -0.2) is 8.42 Å². The van der Waals surface area contributed by atoms with Crippen molar-refractivity contribution >= 4 is 66.7 Å². The second-order valence-corrected chi connectivity index (χ2v) is 11.6. The van der Waals surface area contributed by atoms with Gasteiger partial charge in [-0.2, -0.15) is 0 Å². The predicted octanol–water partition coefficient (Wildman–Crippen LogP) is 4.85. The third-order valence-electron chi connectivity index (χ3n) is 5.31. The smallest absolute Gasteiger partial charge is 0.244 e. The van der Waals surface area contributed by atoms with Crippen LogP contribution in [0.4, 0.5) is 5.69 Å². The average molecular weight is 593 g/mol. The van der Waals surface area contributed by atoms with Gasteiger partial charge in [-0.05, 0) is 66.0 Å². The Kier molecular flexibility index (Phi) is 10.2. The largest absolute Gasteiger partial charge is 0.352 e. The van der Waals surface area contributed by atoms with Gasteiger partial charge >= 0.3 is 0 Å². The molecule has 0 radical (unpaired) electrons. The molecule has 2 aromatic carbocycles. The van der Waals surface area contributed by atoms with Gasteiger partial charge in [-0.1, -0.05) is 48.3 Å². The molecule has 0 spiro atoms. The van der Waals surface area contributed by atoms with Gasteiger partial charge in [0.05, 0.1) is 22.0 Å². The lowest BCUT2D eigenvalue weighted by molar-refractivity contribution is -0.139. The van der Waals surface area contributed by atoms with Gasteiger partial charge in [0.1, 0.15) is 12.6 Å². The number of anilines is 1. The van der Waals surface area contributed by atoms with E-state index in [1.54, 1.807) is 49.4 Å². The first-order chi connectivity index (χ1) is 15.8. The van der Waals surface area contributed by atoms with E-state index in [-0.39, 0.29) is 18.5 Å². The molecule has 0 unspecified atom stereocenters. The van der Waals surface area contributed by atoms with Crippen molar-refractivity contribution < 1.29 is 18.0 Å². The fraction of sp³-hybridized carbons (Fsp3) is 0.391. The Morgan fingerprint density at radius 1 is 1.09 bits per heavy atom. The molecule has 0 bridgehead atoms. The van der Waals surface area contributed by atoms with Gasteiger partial charge in [0.2, 0.25) is 21.8 Å². The zero-order chi connectivity index (χ0) is 25.6. The van der Waals surface area contributed by atoms with Gasteiger partial charge < -0.3 is 10.2 Å². The minimum atomic E-state index is -3.81. The molecule has 0 saturated carbocycles. The molecule has 0 aliphatic carbocycles. The molecule has 0 aliphatic rings. The molecule has 0 saturated heterocycles. The summed E-state index contributed by atoms with van der Waals surface area (Å²) >= 11 is 15.5. The van der Waals surface area contributed by atoms with E-state index in [9.17, 15) is 18.0 Å². The van der Waals surface area contributed by atoms with E-state index < -0.39 is 28.5 Å². The Hall–Kier alpha value is -1.81. The van der Waals surface area contributed by atoms with Crippen LogP contribution in [-0.4, -0.2) is 50.0 Å². The second-order valence-electron chi connectivity index (χ2n) is 7.99. The maximum atomic E-state index is 13.5. The Bertz CT molecular complexity index is 1150. The number of amides is 2. The average Bonchev–Trinajstić information content (AvgIpc) is 2.77. The summed E-state index contributed by atoms with van der Waals surface area (Å²) in [5.41, 5.74) is 0.974. The van der Waals surface area contributed by atoms with Crippen molar-refractivity contribution in [1.29, 1.82) is 0 Å². The van der Waals surface area contributed by atoms with Gasteiger partial charge in [0.15, 0.2) is 0 Å². The van der Waals surface area contributed by atoms with Gasteiger partial charge in [0, 0.05) is 17.1 Å². The van der Waals surface area contributed by atoms with E-state index in [0.29, 0.717) is 25.8 Å². The van der Waals surface area contributed by atoms with Crippen LogP contribution >= 0.6 is 39.1 Å². The summed E-state index contributed by atoms with van der Waals surface area (Å²) in [7, 11) is -3.81. The number of nitrogens with one attached hydrogen (secondary N) is 1. The summed E-state index contributed by atoms with van der Waals surface area (Å²) in [5.74, 6) is -0.881. The number of halogens is 3. The molecule has 11 heteroatoms. The minimum absolute atomic E-state index is 0.0401. The van der Waals surface area contributed by atoms with Crippen LogP contribution in [0.3, 0.4) is 0 Å². The first kappa shape index (κ1) is 28.4. The lowest BCUT2D eigenvalue weighted by Gasteiger charge is -2.32. The molecule has 186 valence electrons. The zero-order valence-corrected chi connectivity index (χ0v) is 23.3. The van der Waals surface area contributed by atoms with Gasteiger partial charge in [-0.3, -0.25) is 13.9 Å². The summed E-state index contributed by atoms with van der Waals surface area (Å²) in [6.07, 6.45) is 1.76. The molecule has 0 aliphatic heterocycles. The quantitative estimate of drug-likeness (QED) is 0.427. The molecule has 0 heterocycles. The second kappa shape index (κ2) is 12.2. The van der Waals surface area contributed by atoms with Crippen molar-refractivity contribution in [1.82, 2.24) is 10.2 Å². The van der Waals surface area contributed by atoms with E-state index in [1.807, 2.05) is 13.8 Å². The Morgan fingerprint density at radius 2 is 1.74 bits per heavy atom. The van der Waals surface area contributed by atoms with Crippen LogP contribution in [0.1, 0.15) is 32.8 Å². The molecule has 0 fully saturated rings. The highest BCUT2D eigenvalue weighted by molar-refractivity contribution is 9.10. The molecule has 2 amide bonds. The van der Waals surface area contributed by atoms with Crippen LogP contribution in [0.5, 0.6) is 0 Å². The number of hydrogen-bond donors (Lipinski definition) is 1. The first-order valence-corrected chi connectivity index (χ1v) is 14.0. The van der Waals surface area contributed by atoms with E-state index in [1.165, 1.54) is 4.90 Å². The number of carbonyl (C=O) groups excluding carboxylic acids is 2. The molecule has 1 N–H and O–H groups in total. The first-order valence-electron chi connectivity index (χ1n) is 10.6. The van der Waals surface area contributed by atoms with Crippen molar-refractivity contribution in [2.24, 2.45) is 0 Å². The normalized spacial score (nSPS) is 13.1. The number of nitrogens with zero attached hydrogens (tertiary/aromatic N) is 2. The molecule has 34 heavy (non-hydrogen) atoms. The van der Waals surface area contributed by atoms with Crippen LogP contribution in [0, 0.1) is 0 Å². The highest BCUT2D eigenvalue weighted by Gasteiger charge is 2.31. The number of para-hydroxylation sites is 1. The SMILES string of the molecule is CC[C@H](C)NC(=O)[C@H](C)N(Cc1ccc(Cl)c(Cl)c1)C(=O)CN(c1ccccc1Br)S(C)(=O)=O. The molecule has 2 rings (SSSR count). The van der Waals surface area contributed by atoms with E-state index in [4.69, 9.17) is 23.2 Å². The minimum Gasteiger partial charge on any atom is -0.352 e. The predicted molar refractivity (Wildman–Crippen MR) is 141 cm³/mol. The van der Waals surface area contributed by atoms with Crippen molar-refractivity contribution in [3.05, 3.63) is 62.5 Å². The van der Waals surface area contributed by atoms with Crippen LogP contribution in [-0.2, 0) is 26.2 Å². The fourth-order valence-corrected chi connectivity index (χ4v) is 4.93. The summed E-state index contributed by atoms with van der Waals surface area (Å²) in [5, 5.41) is 3.55. The lowest BCUT2D eigenvalue weighted by atomic mass is 10.1. The Labute approximate surface area is 219 Å². The molecule has 7 nitrogen and oxygen atoms in total. The molecule has 2 atom stereocenters. The topological polar surface area (TPSA) is 86.8 Å². The summed E-state index contributed by atoms with van der Waals surface area (Å²) in [4.78, 5) is 27.7. The van der Waals surface area contributed by atoms with Gasteiger partial charge in [0.25, 0.3) is 0 Å². The van der Waals surface area contributed by atoms with Crippen LogP contribution in [0.2, 0.25) is 10.0 Å². The van der Waals surface area contributed by atoms with Crippen LogP contribution < -0.4 is 9.62 Å². The lowest BCUT2D eigenvalue weighted by Crippen LogP contribution is -2.52. The van der Waals surface area contributed by atoms with Crippen molar-refractivity contribution in [3.8, 4) is 0 Å². The number of rotatable bonds is 10. The third kappa shape index (κ3) is 7.60. The summed E-state index contributed by atoms with van der Waals surface area (Å²) in [6, 6.07) is 10.7. The molecular formula is C23H28BrCl2N3O4S. The van der Waals surface area contributed by atoms with Crippen molar-refractivity contribution in [3.63, 3.8) is 0 Å². The number of benzene rings is 2. The number of carbonyl (C=O) groups is 2. The molecule has 0 aromatic heterocycles. The number of hydrogen-bond acceptors (Lipinski definition) is 4. The highest BCUT2D eigenvalue weighted by Crippen LogP contribution is 2.28. The third-order valence-corrected chi connectivity index (χ3v) is 7.84. The van der Waals surface area contributed by atoms with Crippen molar-refractivity contribution in [2.45, 2.75) is 45.8 Å². The highest BCUT2D eigenvalue weighted by atomic mass is 79.9. The Morgan fingerprint density at radius 3 is 2.29 bits per heavy atom. The fourth-order valence-electron chi connectivity index (χ4n) is 3.13. The van der Waals surface area contributed by atoms with Crippen molar-refractivity contribution in [2.75, 3.05) is 17.1 Å².